The van der Waals surface area contributed by atoms with Gasteiger partial charge < -0.3 is 10.2 Å². The van der Waals surface area contributed by atoms with Crippen LogP contribution in [0.25, 0.3) is 0 Å². The second-order valence-corrected chi connectivity index (χ2v) is 5.17. The molecule has 2 rings (SSSR count). The zero-order valence-electron chi connectivity index (χ0n) is 10.6. The van der Waals surface area contributed by atoms with Crippen LogP contribution in [0.1, 0.15) is 17.5 Å². The van der Waals surface area contributed by atoms with Crippen molar-refractivity contribution in [1.29, 1.82) is 0 Å². The largest absolute Gasteiger partial charge is 0.396 e. The summed E-state index contributed by atoms with van der Waals surface area (Å²) in [6, 6.07) is 5.04. The maximum Gasteiger partial charge on any atom is 0.123 e. The third-order valence-corrected chi connectivity index (χ3v) is 3.52. The van der Waals surface area contributed by atoms with E-state index in [9.17, 15) is 14.6 Å². The molecule has 100 valence electrons. The van der Waals surface area contributed by atoms with Gasteiger partial charge in [-0.3, -0.25) is 4.90 Å². The molecule has 0 aromatic heterocycles. The molecule has 0 amide bonds. The number of likely N-dealkylation sites (tertiary alicyclic amines) is 1. The summed E-state index contributed by atoms with van der Waals surface area (Å²) in [4.78, 5) is 2.15. The second kappa shape index (κ2) is 5.78. The fourth-order valence-corrected chi connectivity index (χ4v) is 2.58. The summed E-state index contributed by atoms with van der Waals surface area (Å²) in [5, 5.41) is 18.9. The second-order valence-electron chi connectivity index (χ2n) is 5.17. The molecule has 4 heteroatoms. The normalized spacial score (nSPS) is 25.3. The van der Waals surface area contributed by atoms with Crippen molar-refractivity contribution in [3.63, 3.8) is 0 Å². The Morgan fingerprint density at radius 1 is 1.39 bits per heavy atom. The number of hydrogen-bond donors (Lipinski definition) is 2. The lowest BCUT2D eigenvalue weighted by Gasteiger charge is -2.35. The van der Waals surface area contributed by atoms with Crippen LogP contribution in [-0.2, 0) is 6.54 Å². The van der Waals surface area contributed by atoms with E-state index in [2.05, 4.69) is 4.90 Å². The van der Waals surface area contributed by atoms with Gasteiger partial charge in [0.15, 0.2) is 0 Å². The first-order valence-electron chi connectivity index (χ1n) is 6.36. The molecule has 1 aliphatic rings. The minimum absolute atomic E-state index is 0.000154. The average Bonchev–Trinajstić information content (AvgIpc) is 2.30. The smallest absolute Gasteiger partial charge is 0.123 e. The van der Waals surface area contributed by atoms with Crippen LogP contribution >= 0.6 is 0 Å². The lowest BCUT2D eigenvalue weighted by Crippen LogP contribution is -2.44. The maximum atomic E-state index is 13.3. The Hall–Kier alpha value is -0.970. The summed E-state index contributed by atoms with van der Waals surface area (Å²) in [6.07, 6.45) is 0.250. The molecule has 1 aromatic carbocycles. The highest BCUT2D eigenvalue weighted by molar-refractivity contribution is 5.23. The quantitative estimate of drug-likeness (QED) is 0.853. The van der Waals surface area contributed by atoms with E-state index in [-0.39, 0.29) is 18.3 Å². The molecule has 0 spiro atoms. The zero-order valence-corrected chi connectivity index (χ0v) is 10.6. The maximum absolute atomic E-state index is 13.3. The molecular formula is C14H20FNO2. The Balaban J connectivity index is 2.01. The van der Waals surface area contributed by atoms with E-state index < -0.39 is 6.10 Å². The van der Waals surface area contributed by atoms with Crippen molar-refractivity contribution in [2.24, 2.45) is 5.92 Å². The Morgan fingerprint density at radius 2 is 2.17 bits per heavy atom. The van der Waals surface area contributed by atoms with E-state index in [1.54, 1.807) is 6.07 Å². The lowest BCUT2D eigenvalue weighted by atomic mass is 9.95. The van der Waals surface area contributed by atoms with Crippen molar-refractivity contribution in [2.45, 2.75) is 26.0 Å². The number of hydrogen-bond acceptors (Lipinski definition) is 3. The fourth-order valence-electron chi connectivity index (χ4n) is 2.58. The molecule has 2 N–H and O–H groups in total. The van der Waals surface area contributed by atoms with Gasteiger partial charge in [0, 0.05) is 32.2 Å². The predicted octanol–water partition coefficient (Wildman–Crippen LogP) is 1.31. The van der Waals surface area contributed by atoms with E-state index in [0.29, 0.717) is 19.5 Å². The van der Waals surface area contributed by atoms with Gasteiger partial charge in [-0.05, 0) is 36.6 Å². The van der Waals surface area contributed by atoms with Gasteiger partial charge in [-0.1, -0.05) is 6.07 Å². The molecule has 0 aliphatic carbocycles. The Kier molecular flexibility index (Phi) is 4.32. The van der Waals surface area contributed by atoms with Gasteiger partial charge in [-0.2, -0.15) is 0 Å². The number of nitrogens with zero attached hydrogens (tertiary/aromatic N) is 1. The molecular weight excluding hydrogens is 233 g/mol. The monoisotopic (exact) mass is 253 g/mol. The molecule has 2 atom stereocenters. The van der Waals surface area contributed by atoms with Crippen LogP contribution in [0.4, 0.5) is 4.39 Å². The minimum Gasteiger partial charge on any atom is -0.396 e. The standard InChI is InChI=1S/C14H20FNO2/c1-10-4-11(6-13(15)5-10)7-16-3-2-14(18)12(8-16)9-17/h4-6,12,14,17-18H,2-3,7-9H2,1H3/t12-,14-/m1/s1. The summed E-state index contributed by atoms with van der Waals surface area (Å²) in [7, 11) is 0. The molecule has 1 heterocycles. The Morgan fingerprint density at radius 3 is 2.83 bits per heavy atom. The molecule has 0 saturated carbocycles. The zero-order chi connectivity index (χ0) is 13.1. The summed E-state index contributed by atoms with van der Waals surface area (Å²) in [5.74, 6) is -0.297. The van der Waals surface area contributed by atoms with Gasteiger partial charge in [-0.25, -0.2) is 4.39 Å². The van der Waals surface area contributed by atoms with Gasteiger partial charge in [0.25, 0.3) is 0 Å². The number of halogens is 1. The van der Waals surface area contributed by atoms with E-state index in [4.69, 9.17) is 0 Å². The van der Waals surface area contributed by atoms with Gasteiger partial charge in [-0.15, -0.1) is 0 Å². The molecule has 1 aromatic rings. The van der Waals surface area contributed by atoms with Crippen molar-refractivity contribution >= 4 is 0 Å². The highest BCUT2D eigenvalue weighted by atomic mass is 19.1. The third-order valence-electron chi connectivity index (χ3n) is 3.52. The van der Waals surface area contributed by atoms with Crippen LogP contribution < -0.4 is 0 Å². The first kappa shape index (κ1) is 13.5. The van der Waals surface area contributed by atoms with Crippen molar-refractivity contribution in [1.82, 2.24) is 4.90 Å². The molecule has 1 aliphatic heterocycles. The first-order valence-corrected chi connectivity index (χ1v) is 6.36. The van der Waals surface area contributed by atoms with Crippen molar-refractivity contribution in [3.05, 3.63) is 35.1 Å². The third kappa shape index (κ3) is 3.28. The summed E-state index contributed by atoms with van der Waals surface area (Å²) >= 11 is 0. The number of piperidine rings is 1. The van der Waals surface area contributed by atoms with Crippen molar-refractivity contribution in [3.8, 4) is 0 Å². The highest BCUT2D eigenvalue weighted by Gasteiger charge is 2.26. The number of aliphatic hydroxyl groups excluding tert-OH is 2. The number of aliphatic hydroxyl groups is 2. The summed E-state index contributed by atoms with van der Waals surface area (Å²) in [5.41, 5.74) is 1.86. The van der Waals surface area contributed by atoms with Crippen LogP contribution in [0.15, 0.2) is 18.2 Å². The molecule has 0 radical (unpaired) electrons. The molecule has 1 fully saturated rings. The molecule has 18 heavy (non-hydrogen) atoms. The van der Waals surface area contributed by atoms with Crippen LogP contribution in [0.5, 0.6) is 0 Å². The van der Waals surface area contributed by atoms with Crippen LogP contribution in [0, 0.1) is 18.7 Å². The van der Waals surface area contributed by atoms with E-state index in [1.807, 2.05) is 13.0 Å². The van der Waals surface area contributed by atoms with Crippen LogP contribution in [-0.4, -0.2) is 40.9 Å². The van der Waals surface area contributed by atoms with Gasteiger partial charge in [0.1, 0.15) is 5.82 Å². The molecule has 0 unspecified atom stereocenters. The lowest BCUT2D eigenvalue weighted by molar-refractivity contribution is -0.00203. The molecule has 3 nitrogen and oxygen atoms in total. The number of benzene rings is 1. The van der Waals surface area contributed by atoms with Crippen LogP contribution in [0.2, 0.25) is 0 Å². The van der Waals surface area contributed by atoms with Gasteiger partial charge in [0.05, 0.1) is 6.10 Å². The van der Waals surface area contributed by atoms with Crippen LogP contribution in [0.3, 0.4) is 0 Å². The van der Waals surface area contributed by atoms with Gasteiger partial charge >= 0.3 is 0 Å². The number of rotatable bonds is 3. The SMILES string of the molecule is Cc1cc(F)cc(CN2CC[C@@H](O)[C@@H](CO)C2)c1. The molecule has 1 saturated heterocycles. The van der Waals surface area contributed by atoms with E-state index >= 15 is 0 Å². The summed E-state index contributed by atoms with van der Waals surface area (Å²) < 4.78 is 13.3. The predicted molar refractivity (Wildman–Crippen MR) is 67.6 cm³/mol. The fraction of sp³-hybridized carbons (Fsp3) is 0.571. The van der Waals surface area contributed by atoms with Crippen molar-refractivity contribution in [2.75, 3.05) is 19.7 Å². The molecule has 0 bridgehead atoms. The number of aryl methyl sites for hydroxylation is 1. The Labute approximate surface area is 107 Å². The minimum atomic E-state index is -0.416. The highest BCUT2D eigenvalue weighted by Crippen LogP contribution is 2.19. The first-order chi connectivity index (χ1) is 8.58. The van der Waals surface area contributed by atoms with Crippen molar-refractivity contribution < 1.29 is 14.6 Å². The van der Waals surface area contributed by atoms with E-state index in [0.717, 1.165) is 17.7 Å². The topological polar surface area (TPSA) is 43.7 Å². The van der Waals surface area contributed by atoms with E-state index in [1.165, 1.54) is 6.07 Å². The summed E-state index contributed by atoms with van der Waals surface area (Å²) in [6.45, 7) is 3.99. The van der Waals surface area contributed by atoms with Gasteiger partial charge in [0.2, 0.25) is 0 Å². The average molecular weight is 253 g/mol. The Bertz CT molecular complexity index is 391.